The van der Waals surface area contributed by atoms with Crippen LogP contribution < -0.4 is 4.74 Å². The second-order valence-electron chi connectivity index (χ2n) is 3.89. The van der Waals surface area contributed by atoms with Crippen molar-refractivity contribution in [2.45, 2.75) is 6.61 Å². The Morgan fingerprint density at radius 3 is 2.65 bits per heavy atom. The summed E-state index contributed by atoms with van der Waals surface area (Å²) in [6, 6.07) is 2.99. The molecular formula is C13H11ClN2O4. The van der Waals surface area contributed by atoms with Gasteiger partial charge in [0.15, 0.2) is 0 Å². The summed E-state index contributed by atoms with van der Waals surface area (Å²) >= 11 is 5.85. The Morgan fingerprint density at radius 1 is 1.30 bits per heavy atom. The van der Waals surface area contributed by atoms with Crippen molar-refractivity contribution < 1.29 is 19.7 Å². The molecule has 2 aromatic heterocycles. The van der Waals surface area contributed by atoms with Crippen molar-refractivity contribution in [3.8, 4) is 16.9 Å². The molecule has 0 saturated heterocycles. The van der Waals surface area contributed by atoms with Crippen molar-refractivity contribution in [3.05, 3.63) is 40.9 Å². The van der Waals surface area contributed by atoms with Crippen LogP contribution in [-0.4, -0.2) is 33.3 Å². The van der Waals surface area contributed by atoms with Gasteiger partial charge in [0.25, 0.3) is 0 Å². The van der Waals surface area contributed by atoms with E-state index in [1.165, 1.54) is 31.6 Å². The van der Waals surface area contributed by atoms with Gasteiger partial charge in [-0.1, -0.05) is 11.6 Å². The number of nitrogens with zero attached hydrogens (tertiary/aromatic N) is 2. The fraction of sp³-hybridized carbons (Fsp3) is 0.154. The Labute approximate surface area is 119 Å². The number of aliphatic hydroxyl groups excluding tert-OH is 1. The number of carboxylic acids is 1. The fourth-order valence-electron chi connectivity index (χ4n) is 1.77. The lowest BCUT2D eigenvalue weighted by molar-refractivity contribution is 0.0697. The van der Waals surface area contributed by atoms with Gasteiger partial charge in [-0.15, -0.1) is 0 Å². The first kappa shape index (κ1) is 14.2. The first-order valence-corrected chi connectivity index (χ1v) is 5.97. The zero-order valence-corrected chi connectivity index (χ0v) is 11.3. The molecule has 0 aliphatic rings. The lowest BCUT2D eigenvalue weighted by Crippen LogP contribution is -2.04. The SMILES string of the molecule is COc1cnc(Cl)cc1-c1cc(CO)ncc1C(=O)O. The van der Waals surface area contributed by atoms with Gasteiger partial charge in [0.2, 0.25) is 0 Å². The van der Waals surface area contributed by atoms with Crippen molar-refractivity contribution in [2.75, 3.05) is 7.11 Å². The second-order valence-corrected chi connectivity index (χ2v) is 4.28. The van der Waals surface area contributed by atoms with Crippen molar-refractivity contribution in [1.82, 2.24) is 9.97 Å². The highest BCUT2D eigenvalue weighted by atomic mass is 35.5. The van der Waals surface area contributed by atoms with E-state index in [0.29, 0.717) is 22.6 Å². The van der Waals surface area contributed by atoms with Gasteiger partial charge in [-0.2, -0.15) is 0 Å². The van der Waals surface area contributed by atoms with E-state index in [2.05, 4.69) is 9.97 Å². The number of hydrogen-bond acceptors (Lipinski definition) is 5. The van der Waals surface area contributed by atoms with Crippen LogP contribution in [0.4, 0.5) is 0 Å². The molecule has 2 N–H and O–H groups in total. The average molecular weight is 295 g/mol. The van der Waals surface area contributed by atoms with Crippen LogP contribution in [0, 0.1) is 0 Å². The van der Waals surface area contributed by atoms with E-state index in [0.717, 1.165) is 0 Å². The fourth-order valence-corrected chi connectivity index (χ4v) is 1.93. The maximum atomic E-state index is 11.3. The highest BCUT2D eigenvalue weighted by Gasteiger charge is 2.17. The van der Waals surface area contributed by atoms with E-state index >= 15 is 0 Å². The quantitative estimate of drug-likeness (QED) is 0.838. The molecule has 0 spiro atoms. The number of carbonyl (C=O) groups is 1. The number of halogens is 1. The minimum atomic E-state index is -1.13. The molecule has 0 aliphatic carbocycles. The Morgan fingerprint density at radius 2 is 2.05 bits per heavy atom. The van der Waals surface area contributed by atoms with E-state index in [1.54, 1.807) is 0 Å². The van der Waals surface area contributed by atoms with E-state index in [4.69, 9.17) is 21.4 Å². The van der Waals surface area contributed by atoms with Gasteiger partial charge in [-0.25, -0.2) is 9.78 Å². The van der Waals surface area contributed by atoms with E-state index < -0.39 is 5.97 Å². The molecule has 0 aromatic carbocycles. The van der Waals surface area contributed by atoms with Crippen LogP contribution in [0.25, 0.3) is 11.1 Å². The topological polar surface area (TPSA) is 92.5 Å². The van der Waals surface area contributed by atoms with Gasteiger partial charge in [0, 0.05) is 17.3 Å². The number of rotatable bonds is 4. The first-order chi connectivity index (χ1) is 9.56. The van der Waals surface area contributed by atoms with Crippen LogP contribution >= 0.6 is 11.6 Å². The predicted molar refractivity (Wildman–Crippen MR) is 71.9 cm³/mol. The minimum absolute atomic E-state index is 0.0113. The molecular weight excluding hydrogens is 284 g/mol. The van der Waals surface area contributed by atoms with Crippen LogP contribution in [0.2, 0.25) is 5.15 Å². The van der Waals surface area contributed by atoms with Gasteiger partial charge >= 0.3 is 5.97 Å². The van der Waals surface area contributed by atoms with Gasteiger partial charge in [-0.05, 0) is 12.1 Å². The Kier molecular flexibility index (Phi) is 4.16. The van der Waals surface area contributed by atoms with E-state index in [9.17, 15) is 9.90 Å². The highest BCUT2D eigenvalue weighted by molar-refractivity contribution is 6.29. The molecule has 0 atom stereocenters. The Balaban J connectivity index is 2.72. The molecule has 2 heterocycles. The molecule has 104 valence electrons. The summed E-state index contributed by atoms with van der Waals surface area (Å²) in [5, 5.41) is 18.6. The lowest BCUT2D eigenvalue weighted by Gasteiger charge is -2.11. The van der Waals surface area contributed by atoms with Crippen molar-refractivity contribution in [1.29, 1.82) is 0 Å². The number of hydrogen-bond donors (Lipinski definition) is 2. The Hall–Kier alpha value is -2.18. The summed E-state index contributed by atoms with van der Waals surface area (Å²) in [5.41, 5.74) is 1.17. The summed E-state index contributed by atoms with van der Waals surface area (Å²) in [6.45, 7) is -0.298. The summed E-state index contributed by atoms with van der Waals surface area (Å²) < 4.78 is 5.17. The Bertz CT molecular complexity index is 661. The van der Waals surface area contributed by atoms with Gasteiger partial charge < -0.3 is 14.9 Å². The normalized spacial score (nSPS) is 10.3. The van der Waals surface area contributed by atoms with Crippen molar-refractivity contribution in [2.24, 2.45) is 0 Å². The lowest BCUT2D eigenvalue weighted by atomic mass is 10.0. The van der Waals surface area contributed by atoms with E-state index in [1.807, 2.05) is 0 Å². The zero-order chi connectivity index (χ0) is 14.7. The molecule has 0 bridgehead atoms. The number of aromatic carboxylic acids is 1. The zero-order valence-electron chi connectivity index (χ0n) is 10.5. The van der Waals surface area contributed by atoms with Crippen LogP contribution in [0.3, 0.4) is 0 Å². The van der Waals surface area contributed by atoms with Crippen LogP contribution in [0.15, 0.2) is 24.5 Å². The summed E-state index contributed by atoms with van der Waals surface area (Å²) in [4.78, 5) is 19.0. The van der Waals surface area contributed by atoms with E-state index in [-0.39, 0.29) is 17.3 Å². The number of pyridine rings is 2. The van der Waals surface area contributed by atoms with Gasteiger partial charge in [0.1, 0.15) is 10.9 Å². The standard InChI is InChI=1S/C13H11ClN2O4/c1-20-11-5-16-12(14)3-9(11)8-2-7(6-17)15-4-10(8)13(18)19/h2-5,17H,6H2,1H3,(H,18,19). The van der Waals surface area contributed by atoms with Crippen molar-refractivity contribution in [3.63, 3.8) is 0 Å². The molecule has 2 rings (SSSR count). The third kappa shape index (κ3) is 2.71. The molecule has 6 nitrogen and oxygen atoms in total. The molecule has 0 unspecified atom stereocenters. The summed E-state index contributed by atoms with van der Waals surface area (Å²) in [5.74, 6) is -0.751. The third-order valence-corrected chi connectivity index (χ3v) is 2.90. The molecule has 0 radical (unpaired) electrons. The molecule has 2 aromatic rings. The minimum Gasteiger partial charge on any atom is -0.494 e. The number of aromatic nitrogens is 2. The first-order valence-electron chi connectivity index (χ1n) is 5.59. The number of carboxylic acid groups (broad SMARTS) is 1. The predicted octanol–water partition coefficient (Wildman–Crippen LogP) is 2.00. The molecule has 7 heteroatoms. The number of aliphatic hydroxyl groups is 1. The maximum absolute atomic E-state index is 11.3. The van der Waals surface area contributed by atoms with Crippen LogP contribution in [0.1, 0.15) is 16.1 Å². The molecule has 0 saturated carbocycles. The molecule has 0 aliphatic heterocycles. The second kappa shape index (κ2) is 5.85. The number of methoxy groups -OCH3 is 1. The average Bonchev–Trinajstić information content (AvgIpc) is 2.46. The third-order valence-electron chi connectivity index (χ3n) is 2.70. The van der Waals surface area contributed by atoms with Gasteiger partial charge in [0.05, 0.1) is 31.2 Å². The molecule has 0 fully saturated rings. The molecule has 0 amide bonds. The van der Waals surface area contributed by atoms with Crippen LogP contribution in [0.5, 0.6) is 5.75 Å². The maximum Gasteiger partial charge on any atom is 0.337 e. The van der Waals surface area contributed by atoms with Crippen LogP contribution in [-0.2, 0) is 6.61 Å². The van der Waals surface area contributed by atoms with Crippen molar-refractivity contribution >= 4 is 17.6 Å². The van der Waals surface area contributed by atoms with Gasteiger partial charge in [-0.3, -0.25) is 4.98 Å². The summed E-state index contributed by atoms with van der Waals surface area (Å²) in [7, 11) is 1.45. The molecule has 20 heavy (non-hydrogen) atoms. The largest absolute Gasteiger partial charge is 0.494 e. The highest BCUT2D eigenvalue weighted by Crippen LogP contribution is 2.33. The summed E-state index contributed by atoms with van der Waals surface area (Å²) in [6.07, 6.45) is 2.60. The number of ether oxygens (including phenoxy) is 1. The smallest absolute Gasteiger partial charge is 0.337 e. The monoisotopic (exact) mass is 294 g/mol.